The number of nitrogen functional groups attached to an aromatic ring is 1. The number of nitrogens with one attached hydrogen (secondary N) is 1. The van der Waals surface area contributed by atoms with E-state index in [1.165, 1.54) is 0 Å². The molecule has 0 aromatic carbocycles. The van der Waals surface area contributed by atoms with Gasteiger partial charge < -0.3 is 5.73 Å². The largest absolute Gasteiger partial charge is 0.380 e. The molecule has 0 amide bonds. The first-order chi connectivity index (χ1) is 6.11. The summed E-state index contributed by atoms with van der Waals surface area (Å²) >= 11 is 0. The molecule has 2 rings (SSSR count). The van der Waals surface area contributed by atoms with Gasteiger partial charge >= 0.3 is 0 Å². The molecule has 2 aromatic rings. The molecule has 3 N–H and O–H groups in total. The minimum Gasteiger partial charge on any atom is -0.380 e. The lowest BCUT2D eigenvalue weighted by Gasteiger charge is -1.91. The van der Waals surface area contributed by atoms with Gasteiger partial charge in [0.1, 0.15) is 5.52 Å². The molecule has 0 saturated carbocycles. The minimum absolute atomic E-state index is 0.248. The van der Waals surface area contributed by atoms with Gasteiger partial charge in [0, 0.05) is 12.7 Å². The third-order valence-corrected chi connectivity index (χ3v) is 2.08. The van der Waals surface area contributed by atoms with Gasteiger partial charge in [0.05, 0.1) is 5.39 Å². The van der Waals surface area contributed by atoms with Crippen LogP contribution in [0, 0.1) is 6.92 Å². The maximum absolute atomic E-state index is 11.3. The molecule has 0 aliphatic carbocycles. The zero-order valence-corrected chi connectivity index (χ0v) is 7.33. The molecule has 0 aliphatic heterocycles. The molecule has 0 atom stereocenters. The maximum atomic E-state index is 11.3. The van der Waals surface area contributed by atoms with Crippen LogP contribution >= 0.6 is 0 Å². The Hall–Kier alpha value is -1.85. The standard InChI is InChI=1S/C7H9N5O/c1-3-4-5(11-12(3)2)6(8)9-10-7(4)13/h1-2H3,(H2,8,9)(H,10,13). The van der Waals surface area contributed by atoms with Crippen molar-refractivity contribution in [3.05, 3.63) is 16.0 Å². The summed E-state index contributed by atoms with van der Waals surface area (Å²) in [6.45, 7) is 1.81. The Morgan fingerprint density at radius 1 is 1.54 bits per heavy atom. The van der Waals surface area contributed by atoms with Crippen LogP contribution in [0.25, 0.3) is 10.9 Å². The molecule has 2 heterocycles. The van der Waals surface area contributed by atoms with Crippen LogP contribution in [0.2, 0.25) is 0 Å². The molecule has 0 bridgehead atoms. The third kappa shape index (κ3) is 0.915. The van der Waals surface area contributed by atoms with Crippen molar-refractivity contribution in [3.8, 4) is 0 Å². The number of aromatic nitrogens is 4. The molecule has 0 fully saturated rings. The van der Waals surface area contributed by atoms with Gasteiger partial charge in [0.15, 0.2) is 5.82 Å². The number of nitrogens with two attached hydrogens (primary N) is 1. The molecule has 0 spiro atoms. The Morgan fingerprint density at radius 2 is 2.23 bits per heavy atom. The van der Waals surface area contributed by atoms with Gasteiger partial charge in [0.25, 0.3) is 5.56 Å². The molecule has 6 heteroatoms. The second kappa shape index (κ2) is 2.32. The van der Waals surface area contributed by atoms with Crippen molar-refractivity contribution in [1.82, 2.24) is 20.0 Å². The highest BCUT2D eigenvalue weighted by atomic mass is 16.1. The van der Waals surface area contributed by atoms with Gasteiger partial charge in [-0.05, 0) is 6.92 Å². The van der Waals surface area contributed by atoms with Crippen LogP contribution in [-0.4, -0.2) is 20.0 Å². The molecule has 68 valence electrons. The van der Waals surface area contributed by atoms with Crippen molar-refractivity contribution in [2.45, 2.75) is 6.92 Å². The summed E-state index contributed by atoms with van der Waals surface area (Å²) < 4.78 is 1.61. The van der Waals surface area contributed by atoms with Crippen molar-refractivity contribution in [1.29, 1.82) is 0 Å². The van der Waals surface area contributed by atoms with Crippen LogP contribution in [0.1, 0.15) is 5.69 Å². The molecule has 0 aliphatic rings. The molecule has 13 heavy (non-hydrogen) atoms. The van der Waals surface area contributed by atoms with Crippen molar-refractivity contribution in [2.24, 2.45) is 7.05 Å². The van der Waals surface area contributed by atoms with Crippen LogP contribution in [0.4, 0.5) is 5.82 Å². The number of aryl methyl sites for hydroxylation is 2. The Morgan fingerprint density at radius 3 is 2.85 bits per heavy atom. The molecule has 6 nitrogen and oxygen atoms in total. The van der Waals surface area contributed by atoms with Crippen LogP contribution in [0.5, 0.6) is 0 Å². The second-order valence-electron chi connectivity index (χ2n) is 2.87. The van der Waals surface area contributed by atoms with Crippen molar-refractivity contribution >= 4 is 16.7 Å². The maximum Gasteiger partial charge on any atom is 0.275 e. The monoisotopic (exact) mass is 179 g/mol. The quantitative estimate of drug-likeness (QED) is 0.573. The van der Waals surface area contributed by atoms with E-state index in [4.69, 9.17) is 5.73 Å². The van der Waals surface area contributed by atoms with Gasteiger partial charge in [0.2, 0.25) is 0 Å². The Bertz CT molecular complexity index is 523. The highest BCUT2D eigenvalue weighted by molar-refractivity contribution is 5.87. The van der Waals surface area contributed by atoms with Crippen molar-refractivity contribution in [2.75, 3.05) is 5.73 Å². The Labute approximate surface area is 73.4 Å². The van der Waals surface area contributed by atoms with Gasteiger partial charge in [-0.2, -0.15) is 10.2 Å². The van der Waals surface area contributed by atoms with Gasteiger partial charge in [-0.3, -0.25) is 9.48 Å². The van der Waals surface area contributed by atoms with E-state index in [1.54, 1.807) is 11.7 Å². The van der Waals surface area contributed by atoms with E-state index in [1.807, 2.05) is 6.92 Å². The summed E-state index contributed by atoms with van der Waals surface area (Å²) in [5, 5.41) is 10.5. The summed E-state index contributed by atoms with van der Waals surface area (Å²) in [6.07, 6.45) is 0. The summed E-state index contributed by atoms with van der Waals surface area (Å²) in [5.74, 6) is 0.248. The lowest BCUT2D eigenvalue weighted by molar-refractivity contribution is 0.751. The number of fused-ring (bicyclic) bond motifs is 1. The van der Waals surface area contributed by atoms with Gasteiger partial charge in [-0.15, -0.1) is 0 Å². The predicted molar refractivity (Wildman–Crippen MR) is 48.3 cm³/mol. The van der Waals surface area contributed by atoms with Crippen molar-refractivity contribution in [3.63, 3.8) is 0 Å². The highest BCUT2D eigenvalue weighted by Gasteiger charge is 2.11. The van der Waals surface area contributed by atoms with Crippen LogP contribution in [0.3, 0.4) is 0 Å². The highest BCUT2D eigenvalue weighted by Crippen LogP contribution is 2.15. The zero-order chi connectivity index (χ0) is 9.59. The molecular weight excluding hydrogens is 170 g/mol. The Kier molecular flexibility index (Phi) is 1.39. The van der Waals surface area contributed by atoms with Crippen LogP contribution < -0.4 is 11.3 Å². The van der Waals surface area contributed by atoms with Gasteiger partial charge in [-0.25, -0.2) is 5.10 Å². The average molecular weight is 179 g/mol. The number of H-pyrrole nitrogens is 1. The first-order valence-electron chi connectivity index (χ1n) is 3.78. The number of hydrogen-bond acceptors (Lipinski definition) is 4. The lowest BCUT2D eigenvalue weighted by Crippen LogP contribution is -2.10. The average Bonchev–Trinajstić information content (AvgIpc) is 2.38. The van der Waals surface area contributed by atoms with E-state index in [2.05, 4.69) is 15.3 Å². The summed E-state index contributed by atoms with van der Waals surface area (Å²) in [4.78, 5) is 11.3. The summed E-state index contributed by atoms with van der Waals surface area (Å²) in [6, 6.07) is 0. The van der Waals surface area contributed by atoms with E-state index in [0.717, 1.165) is 5.69 Å². The number of anilines is 1. The van der Waals surface area contributed by atoms with E-state index in [9.17, 15) is 4.79 Å². The van der Waals surface area contributed by atoms with E-state index in [0.29, 0.717) is 10.9 Å². The summed E-state index contributed by atoms with van der Waals surface area (Å²) in [5.41, 5.74) is 6.54. The SMILES string of the molecule is Cc1c2c(=O)[nH]nc(N)c2nn1C. The smallest absolute Gasteiger partial charge is 0.275 e. The number of hydrogen-bond donors (Lipinski definition) is 2. The van der Waals surface area contributed by atoms with Gasteiger partial charge in [-0.1, -0.05) is 0 Å². The number of aromatic amines is 1. The molecule has 0 unspecified atom stereocenters. The fraction of sp³-hybridized carbons (Fsp3) is 0.286. The van der Waals surface area contributed by atoms with E-state index in [-0.39, 0.29) is 11.4 Å². The number of nitrogens with zero attached hydrogens (tertiary/aromatic N) is 3. The molecular formula is C7H9N5O. The molecule has 0 radical (unpaired) electrons. The Balaban J connectivity index is 3.09. The lowest BCUT2D eigenvalue weighted by atomic mass is 10.3. The fourth-order valence-electron chi connectivity index (χ4n) is 1.28. The third-order valence-electron chi connectivity index (χ3n) is 2.08. The van der Waals surface area contributed by atoms with Crippen LogP contribution in [0.15, 0.2) is 4.79 Å². The fourth-order valence-corrected chi connectivity index (χ4v) is 1.28. The second-order valence-corrected chi connectivity index (χ2v) is 2.87. The molecule has 2 aromatic heterocycles. The predicted octanol–water partition coefficient (Wildman–Crippen LogP) is -0.453. The van der Waals surface area contributed by atoms with E-state index < -0.39 is 0 Å². The zero-order valence-electron chi connectivity index (χ0n) is 7.33. The number of rotatable bonds is 0. The summed E-state index contributed by atoms with van der Waals surface area (Å²) in [7, 11) is 1.76. The molecule has 0 saturated heterocycles. The van der Waals surface area contributed by atoms with E-state index >= 15 is 0 Å². The topological polar surface area (TPSA) is 89.6 Å². The normalized spacial score (nSPS) is 10.9. The minimum atomic E-state index is -0.255. The van der Waals surface area contributed by atoms with Crippen LogP contribution in [-0.2, 0) is 7.05 Å². The first kappa shape index (κ1) is 7.78. The first-order valence-corrected chi connectivity index (χ1v) is 3.78. The van der Waals surface area contributed by atoms with Crippen molar-refractivity contribution < 1.29 is 0 Å².